The van der Waals surface area contributed by atoms with E-state index in [0.717, 1.165) is 30.4 Å². The summed E-state index contributed by atoms with van der Waals surface area (Å²) in [6.07, 6.45) is 3.36. The lowest BCUT2D eigenvalue weighted by Crippen LogP contribution is -3.13. The van der Waals surface area contributed by atoms with Crippen LogP contribution in [-0.4, -0.2) is 38.2 Å². The Kier molecular flexibility index (Phi) is 6.51. The molecule has 1 aromatic carbocycles. The van der Waals surface area contributed by atoms with Gasteiger partial charge in [-0.25, -0.2) is 0 Å². The quantitative estimate of drug-likeness (QED) is 0.809. The van der Waals surface area contributed by atoms with Crippen molar-refractivity contribution in [1.82, 2.24) is 5.32 Å². The normalized spacial score (nSPS) is 21.8. The number of amides is 1. The molecule has 0 aromatic heterocycles. The van der Waals surface area contributed by atoms with E-state index in [4.69, 9.17) is 4.74 Å². The highest BCUT2D eigenvalue weighted by atomic mass is 79.9. The highest BCUT2D eigenvalue weighted by Gasteiger charge is 2.22. The molecule has 1 heterocycles. The van der Waals surface area contributed by atoms with Crippen molar-refractivity contribution in [3.63, 3.8) is 0 Å². The second-order valence-corrected chi connectivity index (χ2v) is 6.50. The third kappa shape index (κ3) is 5.67. The predicted molar refractivity (Wildman–Crippen MR) is 86.7 cm³/mol. The summed E-state index contributed by atoms with van der Waals surface area (Å²) in [5.41, 5.74) is 0. The van der Waals surface area contributed by atoms with Crippen LogP contribution in [0.3, 0.4) is 0 Å². The third-order valence-electron chi connectivity index (χ3n) is 3.83. The lowest BCUT2D eigenvalue weighted by molar-refractivity contribution is -0.905. The van der Waals surface area contributed by atoms with Crippen molar-refractivity contribution in [3.05, 3.63) is 28.7 Å². The molecule has 1 aromatic rings. The molecular formula is C16H24BrN2O2+. The Hall–Kier alpha value is -1.07. The molecule has 2 rings (SSSR count). The summed E-state index contributed by atoms with van der Waals surface area (Å²) < 4.78 is 6.45. The maximum Gasteiger partial charge on any atom is 0.258 e. The fourth-order valence-electron chi connectivity index (χ4n) is 2.75. The van der Waals surface area contributed by atoms with Crippen LogP contribution in [-0.2, 0) is 4.79 Å². The van der Waals surface area contributed by atoms with Crippen LogP contribution < -0.4 is 15.0 Å². The van der Waals surface area contributed by atoms with E-state index in [-0.39, 0.29) is 12.5 Å². The van der Waals surface area contributed by atoms with Crippen LogP contribution in [0.1, 0.15) is 26.2 Å². The zero-order valence-electron chi connectivity index (χ0n) is 12.5. The van der Waals surface area contributed by atoms with Crippen molar-refractivity contribution in [2.75, 3.05) is 26.2 Å². The lowest BCUT2D eigenvalue weighted by atomic mass is 10.0. The Bertz CT molecular complexity index is 459. The highest BCUT2D eigenvalue weighted by Crippen LogP contribution is 2.17. The summed E-state index contributed by atoms with van der Waals surface area (Å²) in [6.45, 7) is 5.86. The summed E-state index contributed by atoms with van der Waals surface area (Å²) >= 11 is 3.38. The molecular weight excluding hydrogens is 332 g/mol. The van der Waals surface area contributed by atoms with Gasteiger partial charge in [0.15, 0.2) is 6.61 Å². The second-order valence-electron chi connectivity index (χ2n) is 5.59. The van der Waals surface area contributed by atoms with Gasteiger partial charge in [-0.15, -0.1) is 0 Å². The molecule has 2 N–H and O–H groups in total. The van der Waals surface area contributed by atoms with Crippen LogP contribution in [0.2, 0.25) is 0 Å². The van der Waals surface area contributed by atoms with Crippen molar-refractivity contribution < 1.29 is 14.4 Å². The largest absolute Gasteiger partial charge is 0.484 e. The van der Waals surface area contributed by atoms with Gasteiger partial charge < -0.3 is 15.0 Å². The van der Waals surface area contributed by atoms with Crippen molar-refractivity contribution >= 4 is 21.8 Å². The molecule has 0 bridgehead atoms. The van der Waals surface area contributed by atoms with Gasteiger partial charge in [0, 0.05) is 23.4 Å². The molecule has 1 aliphatic heterocycles. The van der Waals surface area contributed by atoms with Crippen molar-refractivity contribution in [2.45, 2.75) is 32.2 Å². The molecule has 0 spiro atoms. The van der Waals surface area contributed by atoms with E-state index in [1.165, 1.54) is 13.0 Å². The van der Waals surface area contributed by atoms with Crippen molar-refractivity contribution in [1.29, 1.82) is 0 Å². The molecule has 1 amide bonds. The van der Waals surface area contributed by atoms with Gasteiger partial charge in [-0.2, -0.15) is 0 Å². The minimum atomic E-state index is -0.0288. The van der Waals surface area contributed by atoms with Crippen molar-refractivity contribution in [3.8, 4) is 5.75 Å². The van der Waals surface area contributed by atoms with Gasteiger partial charge in [-0.3, -0.25) is 4.79 Å². The van der Waals surface area contributed by atoms with E-state index in [1.54, 1.807) is 4.90 Å². The molecule has 0 unspecified atom stereocenters. The molecule has 4 nitrogen and oxygen atoms in total. The molecule has 0 radical (unpaired) electrons. The minimum absolute atomic E-state index is 0.0288. The number of quaternary nitrogens is 1. The average Bonchev–Trinajstić information content (AvgIpc) is 2.48. The van der Waals surface area contributed by atoms with Crippen LogP contribution in [0.5, 0.6) is 5.75 Å². The Morgan fingerprint density at radius 2 is 2.19 bits per heavy atom. The Morgan fingerprint density at radius 1 is 1.43 bits per heavy atom. The zero-order valence-corrected chi connectivity index (χ0v) is 14.1. The van der Waals surface area contributed by atoms with Crippen LogP contribution in [0, 0.1) is 0 Å². The summed E-state index contributed by atoms with van der Waals surface area (Å²) in [4.78, 5) is 13.6. The summed E-state index contributed by atoms with van der Waals surface area (Å²) in [6, 6.07) is 7.84. The van der Waals surface area contributed by atoms with Crippen LogP contribution >= 0.6 is 15.9 Å². The van der Waals surface area contributed by atoms with Crippen molar-refractivity contribution in [2.24, 2.45) is 0 Å². The first-order valence-electron chi connectivity index (χ1n) is 7.68. The van der Waals surface area contributed by atoms with Gasteiger partial charge in [0.1, 0.15) is 5.75 Å². The van der Waals surface area contributed by atoms with Gasteiger partial charge in [0.2, 0.25) is 0 Å². The van der Waals surface area contributed by atoms with Crippen LogP contribution in [0.25, 0.3) is 0 Å². The molecule has 1 saturated heterocycles. The molecule has 1 aliphatic rings. The molecule has 1 fully saturated rings. The Labute approximate surface area is 135 Å². The average molecular weight is 356 g/mol. The number of nitrogens with one attached hydrogen (secondary N) is 2. The van der Waals surface area contributed by atoms with E-state index in [9.17, 15) is 4.79 Å². The third-order valence-corrected chi connectivity index (χ3v) is 4.32. The highest BCUT2D eigenvalue weighted by molar-refractivity contribution is 9.10. The SMILES string of the molecule is CCC[NH+]1CCC(NC(=O)COc2cccc(Br)c2)CC1. The first-order valence-corrected chi connectivity index (χ1v) is 8.48. The van der Waals surface area contributed by atoms with E-state index < -0.39 is 0 Å². The second kappa shape index (κ2) is 8.39. The maximum atomic E-state index is 11.9. The fraction of sp³-hybridized carbons (Fsp3) is 0.562. The standard InChI is InChI=1S/C16H23BrN2O2/c1-2-8-19-9-6-14(7-10-19)18-16(20)12-21-15-5-3-4-13(17)11-15/h3-5,11,14H,2,6-10,12H2,1H3,(H,18,20)/p+1. The number of piperidine rings is 1. The predicted octanol–water partition coefficient (Wildman–Crippen LogP) is 1.40. The van der Waals surface area contributed by atoms with E-state index in [1.807, 2.05) is 24.3 Å². The molecule has 116 valence electrons. The topological polar surface area (TPSA) is 42.8 Å². The number of ether oxygens (including phenoxy) is 1. The van der Waals surface area contributed by atoms with Gasteiger partial charge in [-0.1, -0.05) is 28.9 Å². The smallest absolute Gasteiger partial charge is 0.258 e. The molecule has 0 aliphatic carbocycles. The minimum Gasteiger partial charge on any atom is -0.484 e. The zero-order chi connectivity index (χ0) is 15.1. The Morgan fingerprint density at radius 3 is 2.86 bits per heavy atom. The molecule has 0 saturated carbocycles. The number of rotatable bonds is 6. The number of carbonyl (C=O) groups excluding carboxylic acids is 1. The summed E-state index contributed by atoms with van der Waals surface area (Å²) in [5, 5.41) is 3.08. The maximum absolute atomic E-state index is 11.9. The van der Waals surface area contributed by atoms with Gasteiger partial charge in [0.05, 0.1) is 19.6 Å². The van der Waals surface area contributed by atoms with Crippen LogP contribution in [0.15, 0.2) is 28.7 Å². The number of hydrogen-bond acceptors (Lipinski definition) is 2. The number of carbonyl (C=O) groups is 1. The molecule has 0 atom stereocenters. The number of hydrogen-bond donors (Lipinski definition) is 2. The van der Waals surface area contributed by atoms with E-state index >= 15 is 0 Å². The van der Waals surface area contributed by atoms with Gasteiger partial charge in [0.25, 0.3) is 5.91 Å². The van der Waals surface area contributed by atoms with Gasteiger partial charge in [-0.05, 0) is 24.6 Å². The van der Waals surface area contributed by atoms with E-state index in [0.29, 0.717) is 11.8 Å². The summed E-state index contributed by atoms with van der Waals surface area (Å²) in [7, 11) is 0. The molecule has 5 heteroatoms. The van der Waals surface area contributed by atoms with Crippen LogP contribution in [0.4, 0.5) is 0 Å². The first kappa shape index (κ1) is 16.3. The Balaban J connectivity index is 1.68. The lowest BCUT2D eigenvalue weighted by Gasteiger charge is -2.29. The monoisotopic (exact) mass is 355 g/mol. The number of benzene rings is 1. The summed E-state index contributed by atoms with van der Waals surface area (Å²) in [5.74, 6) is 0.681. The fourth-order valence-corrected chi connectivity index (χ4v) is 3.13. The number of likely N-dealkylation sites (tertiary alicyclic amines) is 1. The van der Waals surface area contributed by atoms with E-state index in [2.05, 4.69) is 28.2 Å². The molecule has 21 heavy (non-hydrogen) atoms. The van der Waals surface area contributed by atoms with Gasteiger partial charge >= 0.3 is 0 Å². The number of halogens is 1. The first-order chi connectivity index (χ1) is 10.2.